The van der Waals surface area contributed by atoms with E-state index in [-0.39, 0.29) is 12.8 Å². The minimum Gasteiger partial charge on any atom is -0.481 e. The Morgan fingerprint density at radius 1 is 1.67 bits per heavy atom. The van der Waals surface area contributed by atoms with E-state index < -0.39 is 18.0 Å². The van der Waals surface area contributed by atoms with E-state index in [0.717, 1.165) is 0 Å². The molecule has 6 nitrogen and oxygen atoms in total. The molecule has 0 aliphatic carbocycles. The van der Waals surface area contributed by atoms with Gasteiger partial charge in [-0.25, -0.2) is 4.79 Å². The summed E-state index contributed by atoms with van der Waals surface area (Å²) in [4.78, 5) is 24.8. The molecule has 0 aromatic rings. The number of carboxylic acids is 1. The van der Waals surface area contributed by atoms with E-state index in [4.69, 9.17) is 5.11 Å². The maximum atomic E-state index is 10.8. The molecular weight excluding hydrogens is 164 g/mol. The average molecular weight is 176 g/mol. The first kappa shape index (κ1) is 10.9. The number of rotatable bonds is 5. The van der Waals surface area contributed by atoms with Crippen LogP contribution in [-0.2, 0) is 14.4 Å². The molecule has 0 heterocycles. The minimum atomic E-state index is -0.958. The van der Waals surface area contributed by atoms with Crippen molar-refractivity contribution < 1.29 is 19.5 Å². The van der Waals surface area contributed by atoms with E-state index in [2.05, 4.69) is 16.1 Å². The molecule has 1 atom stereocenters. The number of hydrogen-bond donors (Lipinski definition) is 3. The normalized spacial score (nSPS) is 12.2. The van der Waals surface area contributed by atoms with Gasteiger partial charge in [-0.05, 0) is 13.5 Å². The topological polar surface area (TPSA) is 102 Å². The summed E-state index contributed by atoms with van der Waals surface area (Å²) in [7, 11) is 1.53. The van der Waals surface area contributed by atoms with Crippen molar-refractivity contribution in [3.63, 3.8) is 0 Å². The number of nitrogens with two attached hydrogens (primary N) is 1. The molecule has 0 rings (SSSR count). The average Bonchev–Trinajstić information content (AvgIpc) is 2.04. The molecule has 70 valence electrons. The maximum absolute atomic E-state index is 10.8. The Kier molecular flexibility index (Phi) is 4.98. The second kappa shape index (κ2) is 5.50. The highest BCUT2D eigenvalue weighted by atomic mass is 16.7. The fraction of sp³-hybridized carbons (Fsp3) is 0.667. The van der Waals surface area contributed by atoms with E-state index in [1.165, 1.54) is 7.05 Å². The van der Waals surface area contributed by atoms with Crippen LogP contribution in [0.5, 0.6) is 0 Å². The summed E-state index contributed by atoms with van der Waals surface area (Å²) in [6, 6.07) is -0.647. The van der Waals surface area contributed by atoms with Crippen LogP contribution in [0.2, 0.25) is 0 Å². The standard InChI is InChI=1S/C6H12N2O4/c1-8-4(6(11)12-7)2-3-5(9)10/h4,8H,2-3,7H2,1H3,(H,9,10)/t4-/m1/s1. The van der Waals surface area contributed by atoms with E-state index in [9.17, 15) is 9.59 Å². The van der Waals surface area contributed by atoms with Gasteiger partial charge in [-0.3, -0.25) is 4.79 Å². The lowest BCUT2D eigenvalue weighted by atomic mass is 10.1. The van der Waals surface area contributed by atoms with Crippen molar-refractivity contribution in [3.8, 4) is 0 Å². The second-order valence-corrected chi connectivity index (χ2v) is 2.21. The van der Waals surface area contributed by atoms with Gasteiger partial charge >= 0.3 is 11.9 Å². The lowest BCUT2D eigenvalue weighted by Gasteiger charge is -2.10. The summed E-state index contributed by atoms with van der Waals surface area (Å²) in [6.45, 7) is 0. The molecule has 0 aromatic heterocycles. The van der Waals surface area contributed by atoms with Crippen LogP contribution >= 0.6 is 0 Å². The number of nitrogens with one attached hydrogen (secondary N) is 1. The predicted molar refractivity (Wildman–Crippen MR) is 40.0 cm³/mol. The van der Waals surface area contributed by atoms with Gasteiger partial charge in [0.25, 0.3) is 0 Å². The second-order valence-electron chi connectivity index (χ2n) is 2.21. The third-order valence-corrected chi connectivity index (χ3v) is 1.40. The Morgan fingerprint density at radius 2 is 2.25 bits per heavy atom. The Morgan fingerprint density at radius 3 is 2.58 bits per heavy atom. The van der Waals surface area contributed by atoms with Crippen LogP contribution in [0.4, 0.5) is 0 Å². The number of carbonyl (C=O) groups is 2. The molecule has 4 N–H and O–H groups in total. The predicted octanol–water partition coefficient (Wildman–Crippen LogP) is -1.14. The molecule has 0 saturated carbocycles. The van der Waals surface area contributed by atoms with E-state index in [0.29, 0.717) is 0 Å². The van der Waals surface area contributed by atoms with Gasteiger partial charge < -0.3 is 15.3 Å². The van der Waals surface area contributed by atoms with E-state index in [1.54, 1.807) is 0 Å². The summed E-state index contributed by atoms with van der Waals surface area (Å²) in [6.07, 6.45) is 0.0719. The molecule has 6 heteroatoms. The van der Waals surface area contributed by atoms with Crippen LogP contribution in [-0.4, -0.2) is 30.1 Å². The molecule has 12 heavy (non-hydrogen) atoms. The van der Waals surface area contributed by atoms with Gasteiger partial charge in [-0.2, -0.15) is 5.90 Å². The van der Waals surface area contributed by atoms with Gasteiger partial charge in [0.2, 0.25) is 0 Å². The van der Waals surface area contributed by atoms with Gasteiger partial charge in [-0.1, -0.05) is 0 Å². The number of carbonyl (C=O) groups excluding carboxylic acids is 1. The Bertz CT molecular complexity index is 171. The zero-order valence-electron chi connectivity index (χ0n) is 6.74. The van der Waals surface area contributed by atoms with Gasteiger partial charge in [0.05, 0.1) is 0 Å². The highest BCUT2D eigenvalue weighted by Crippen LogP contribution is 1.97. The van der Waals surface area contributed by atoms with Crippen molar-refractivity contribution in [1.29, 1.82) is 0 Å². The van der Waals surface area contributed by atoms with Crippen molar-refractivity contribution >= 4 is 11.9 Å². The van der Waals surface area contributed by atoms with Crippen LogP contribution in [0.15, 0.2) is 0 Å². The van der Waals surface area contributed by atoms with E-state index >= 15 is 0 Å². The zero-order chi connectivity index (χ0) is 9.56. The zero-order valence-corrected chi connectivity index (χ0v) is 6.74. The van der Waals surface area contributed by atoms with Crippen LogP contribution in [0, 0.1) is 0 Å². The molecule has 0 saturated heterocycles. The Labute approximate surface area is 69.6 Å². The quantitative estimate of drug-likeness (QED) is 0.457. The summed E-state index contributed by atoms with van der Waals surface area (Å²) >= 11 is 0. The van der Waals surface area contributed by atoms with E-state index in [1.807, 2.05) is 0 Å². The SMILES string of the molecule is CN[C@H](CCC(=O)O)C(=O)ON. The number of hydrogen-bond acceptors (Lipinski definition) is 5. The highest BCUT2D eigenvalue weighted by Gasteiger charge is 2.17. The summed E-state index contributed by atoms with van der Waals surface area (Å²) in [5.41, 5.74) is 0. The lowest BCUT2D eigenvalue weighted by molar-refractivity contribution is -0.147. The van der Waals surface area contributed by atoms with Gasteiger partial charge in [0, 0.05) is 6.42 Å². The van der Waals surface area contributed by atoms with Crippen LogP contribution in [0.3, 0.4) is 0 Å². The smallest absolute Gasteiger partial charge is 0.341 e. The van der Waals surface area contributed by atoms with Gasteiger partial charge in [0.15, 0.2) is 0 Å². The molecule has 0 spiro atoms. The number of aliphatic carboxylic acids is 1. The Hall–Kier alpha value is -1.14. The molecule has 0 bridgehead atoms. The number of carboxylic acid groups (broad SMARTS) is 1. The maximum Gasteiger partial charge on any atom is 0.341 e. The summed E-state index contributed by atoms with van der Waals surface area (Å²) in [5, 5.41) is 10.9. The highest BCUT2D eigenvalue weighted by molar-refractivity contribution is 5.76. The molecule has 0 unspecified atom stereocenters. The molecule has 0 fully saturated rings. The third kappa shape index (κ3) is 3.89. The van der Waals surface area contributed by atoms with Crippen molar-refractivity contribution in [2.75, 3.05) is 7.05 Å². The molecule has 0 amide bonds. The molecule has 0 aromatic carbocycles. The van der Waals surface area contributed by atoms with Crippen LogP contribution in [0.1, 0.15) is 12.8 Å². The first-order valence-corrected chi connectivity index (χ1v) is 3.41. The first-order chi connectivity index (χ1) is 5.61. The first-order valence-electron chi connectivity index (χ1n) is 3.41. The molecule has 0 aliphatic rings. The van der Waals surface area contributed by atoms with Crippen molar-refractivity contribution in [2.24, 2.45) is 5.90 Å². The fourth-order valence-electron chi connectivity index (χ4n) is 0.730. The monoisotopic (exact) mass is 176 g/mol. The third-order valence-electron chi connectivity index (χ3n) is 1.40. The molecule has 0 aliphatic heterocycles. The summed E-state index contributed by atoms with van der Waals surface area (Å²) in [5.74, 6) is 3.01. The van der Waals surface area contributed by atoms with Crippen molar-refractivity contribution in [1.82, 2.24) is 5.32 Å². The minimum absolute atomic E-state index is 0.0966. The van der Waals surface area contributed by atoms with Crippen molar-refractivity contribution in [2.45, 2.75) is 18.9 Å². The number of likely N-dealkylation sites (N-methyl/N-ethyl adjacent to an activating group) is 1. The summed E-state index contributed by atoms with van der Waals surface area (Å²) < 4.78 is 0. The molecule has 0 radical (unpaired) electrons. The van der Waals surface area contributed by atoms with Crippen molar-refractivity contribution in [3.05, 3.63) is 0 Å². The lowest BCUT2D eigenvalue weighted by Crippen LogP contribution is -2.37. The van der Waals surface area contributed by atoms with Gasteiger partial charge in [-0.15, -0.1) is 0 Å². The molecular formula is C6H12N2O4. The largest absolute Gasteiger partial charge is 0.481 e. The Balaban J connectivity index is 3.83. The van der Waals surface area contributed by atoms with Crippen LogP contribution < -0.4 is 11.2 Å². The van der Waals surface area contributed by atoms with Gasteiger partial charge in [0.1, 0.15) is 6.04 Å². The fourth-order valence-corrected chi connectivity index (χ4v) is 0.730. The van der Waals surface area contributed by atoms with Crippen LogP contribution in [0.25, 0.3) is 0 Å².